The van der Waals surface area contributed by atoms with Gasteiger partial charge < -0.3 is 10.1 Å². The zero-order valence-corrected chi connectivity index (χ0v) is 17.9. The first-order valence-corrected chi connectivity index (χ1v) is 10.4. The maximum Gasteiger partial charge on any atom is 0.573 e. The van der Waals surface area contributed by atoms with Crippen molar-refractivity contribution in [1.29, 1.82) is 0 Å². The van der Waals surface area contributed by atoms with Crippen LogP contribution in [0, 0.1) is 5.41 Å². The number of rotatable bonds is 3. The van der Waals surface area contributed by atoms with Crippen molar-refractivity contribution in [1.82, 2.24) is 9.97 Å². The maximum absolute atomic E-state index is 13.8. The second-order valence-electron chi connectivity index (χ2n) is 9.30. The number of alkyl halides is 3. The van der Waals surface area contributed by atoms with E-state index < -0.39 is 17.2 Å². The summed E-state index contributed by atoms with van der Waals surface area (Å²) in [5.41, 5.74) is 1.82. The van der Waals surface area contributed by atoms with Gasteiger partial charge in [0.25, 0.3) is 0 Å². The number of ether oxygens (including phenoxy) is 1. The third-order valence-electron chi connectivity index (χ3n) is 7.68. The highest BCUT2D eigenvalue weighted by Crippen LogP contribution is 2.70. The van der Waals surface area contributed by atoms with E-state index in [0.717, 1.165) is 23.1 Å². The van der Waals surface area contributed by atoms with Gasteiger partial charge in [0.1, 0.15) is 5.75 Å². The summed E-state index contributed by atoms with van der Waals surface area (Å²) in [6.45, 7) is 6.29. The van der Waals surface area contributed by atoms with Gasteiger partial charge in [-0.15, -0.1) is 13.2 Å². The minimum atomic E-state index is -4.77. The van der Waals surface area contributed by atoms with Crippen LogP contribution in [0.2, 0.25) is 0 Å². The Bertz CT molecular complexity index is 1240. The van der Waals surface area contributed by atoms with Crippen LogP contribution in [0.4, 0.5) is 18.9 Å². The van der Waals surface area contributed by atoms with Crippen LogP contribution in [0.1, 0.15) is 45.0 Å². The number of hydrogen-bond donors (Lipinski definition) is 1. The fourth-order valence-corrected chi connectivity index (χ4v) is 5.53. The molecule has 0 spiro atoms. The van der Waals surface area contributed by atoms with Gasteiger partial charge in [0.2, 0.25) is 5.91 Å². The molecule has 8 heteroatoms. The van der Waals surface area contributed by atoms with Gasteiger partial charge in [0.15, 0.2) is 0 Å². The van der Waals surface area contributed by atoms with Gasteiger partial charge in [-0.1, -0.05) is 32.9 Å². The molecule has 0 aliphatic heterocycles. The molecule has 3 aromatic rings. The van der Waals surface area contributed by atoms with E-state index in [4.69, 9.17) is 9.97 Å². The average Bonchev–Trinajstić information content (AvgIpc) is 3.02. The van der Waals surface area contributed by atoms with Crippen molar-refractivity contribution in [3.8, 4) is 5.75 Å². The Hall–Kier alpha value is -3.16. The number of aromatic nitrogens is 2. The second kappa shape index (κ2) is 6.43. The summed E-state index contributed by atoms with van der Waals surface area (Å²) >= 11 is 0. The van der Waals surface area contributed by atoms with E-state index >= 15 is 0 Å². The highest BCUT2D eigenvalue weighted by atomic mass is 19.4. The Morgan fingerprint density at radius 2 is 1.53 bits per heavy atom. The van der Waals surface area contributed by atoms with E-state index in [2.05, 4.69) is 30.8 Å². The standard InChI is InChI=1S/C24H22F3N3O2/c1-21(2)22(3)12-13-23(21,19-18(22)29-16-6-4-5-7-17(16)30-19)20(31)28-14-8-10-15(11-9-14)32-24(25,26)27/h4-11H,12-13H2,1-3H3,(H,28,31)/t22-,23-/m0/s1. The molecule has 1 fully saturated rings. The summed E-state index contributed by atoms with van der Waals surface area (Å²) in [7, 11) is 0. The predicted octanol–water partition coefficient (Wildman–Crippen LogP) is 5.50. The quantitative estimate of drug-likeness (QED) is 0.583. The van der Waals surface area contributed by atoms with Crippen LogP contribution < -0.4 is 10.1 Å². The molecule has 1 amide bonds. The van der Waals surface area contributed by atoms with Crippen molar-refractivity contribution in [2.24, 2.45) is 5.41 Å². The lowest BCUT2D eigenvalue weighted by atomic mass is 9.63. The minimum absolute atomic E-state index is 0.223. The molecule has 1 aromatic heterocycles. The van der Waals surface area contributed by atoms with Gasteiger partial charge in [-0.05, 0) is 54.7 Å². The van der Waals surface area contributed by atoms with Crippen LogP contribution >= 0.6 is 0 Å². The monoisotopic (exact) mass is 441 g/mol. The smallest absolute Gasteiger partial charge is 0.406 e. The van der Waals surface area contributed by atoms with Gasteiger partial charge in [-0.2, -0.15) is 0 Å². The zero-order chi connectivity index (χ0) is 22.9. The Labute approximate surface area is 183 Å². The summed E-state index contributed by atoms with van der Waals surface area (Å²) in [4.78, 5) is 23.6. The molecule has 2 bridgehead atoms. The fourth-order valence-electron chi connectivity index (χ4n) is 5.53. The first kappa shape index (κ1) is 20.7. The van der Waals surface area contributed by atoms with Crippen molar-refractivity contribution in [3.63, 3.8) is 0 Å². The highest BCUT2D eigenvalue weighted by Gasteiger charge is 2.73. The lowest BCUT2D eigenvalue weighted by Crippen LogP contribution is -2.48. The van der Waals surface area contributed by atoms with Crippen LogP contribution in [-0.2, 0) is 15.6 Å². The third kappa shape index (κ3) is 2.68. The molecule has 0 radical (unpaired) electrons. The summed E-state index contributed by atoms with van der Waals surface area (Å²) in [6.07, 6.45) is -3.35. The van der Waals surface area contributed by atoms with Gasteiger partial charge in [0.05, 0.1) is 27.8 Å². The predicted molar refractivity (Wildman–Crippen MR) is 113 cm³/mol. The summed E-state index contributed by atoms with van der Waals surface area (Å²) in [5, 5.41) is 2.91. The number of carbonyl (C=O) groups excluding carboxylic acids is 1. The van der Waals surface area contributed by atoms with E-state index in [1.807, 2.05) is 24.3 Å². The Morgan fingerprint density at radius 1 is 0.938 bits per heavy atom. The van der Waals surface area contributed by atoms with Gasteiger partial charge in [-0.25, -0.2) is 9.97 Å². The summed E-state index contributed by atoms with van der Waals surface area (Å²) in [5.74, 6) is -0.565. The first-order chi connectivity index (χ1) is 15.0. The highest BCUT2D eigenvalue weighted by molar-refractivity contribution is 6.02. The van der Waals surface area contributed by atoms with Crippen molar-refractivity contribution >= 4 is 22.6 Å². The van der Waals surface area contributed by atoms with Gasteiger partial charge >= 0.3 is 6.36 Å². The number of nitrogens with zero attached hydrogens (tertiary/aromatic N) is 2. The fraction of sp³-hybridized carbons (Fsp3) is 0.375. The van der Waals surface area contributed by atoms with E-state index in [1.165, 1.54) is 24.3 Å². The molecule has 2 aliphatic rings. The molecule has 1 saturated carbocycles. The lowest BCUT2D eigenvalue weighted by molar-refractivity contribution is -0.274. The zero-order valence-electron chi connectivity index (χ0n) is 17.9. The molecule has 0 unspecified atom stereocenters. The lowest BCUT2D eigenvalue weighted by Gasteiger charge is -2.39. The molecule has 5 rings (SSSR count). The first-order valence-electron chi connectivity index (χ1n) is 10.4. The van der Waals surface area contributed by atoms with Crippen molar-refractivity contribution in [2.45, 2.75) is 50.8 Å². The van der Waals surface area contributed by atoms with Gasteiger partial charge in [0, 0.05) is 11.1 Å². The molecule has 32 heavy (non-hydrogen) atoms. The van der Waals surface area contributed by atoms with E-state index in [9.17, 15) is 18.0 Å². The number of benzene rings is 2. The van der Waals surface area contributed by atoms with Crippen LogP contribution in [0.5, 0.6) is 5.75 Å². The molecule has 0 saturated heterocycles. The second-order valence-corrected chi connectivity index (χ2v) is 9.30. The number of halogens is 3. The van der Waals surface area contributed by atoms with Crippen molar-refractivity contribution in [3.05, 3.63) is 59.9 Å². The largest absolute Gasteiger partial charge is 0.573 e. The minimum Gasteiger partial charge on any atom is -0.406 e. The topological polar surface area (TPSA) is 64.1 Å². The average molecular weight is 441 g/mol. The van der Waals surface area contributed by atoms with Crippen LogP contribution in [0.15, 0.2) is 48.5 Å². The van der Waals surface area contributed by atoms with Crippen LogP contribution in [0.25, 0.3) is 11.0 Å². The molecule has 1 N–H and O–H groups in total. The van der Waals surface area contributed by atoms with Crippen LogP contribution in [-0.4, -0.2) is 22.2 Å². The number of hydrogen-bond acceptors (Lipinski definition) is 4. The Morgan fingerprint density at radius 3 is 2.12 bits per heavy atom. The molecule has 2 aliphatic carbocycles. The normalized spacial score (nSPS) is 25.6. The van der Waals surface area contributed by atoms with Crippen LogP contribution in [0.3, 0.4) is 0 Å². The molecule has 1 heterocycles. The number of fused-ring (bicyclic) bond motifs is 6. The Balaban J connectivity index is 1.54. The SMILES string of the molecule is CC1(C)[C@@]2(C)CC[C@@]1(C(=O)Nc1ccc(OC(F)(F)F)cc1)c1nc3ccccc3nc12. The van der Waals surface area contributed by atoms with Crippen molar-refractivity contribution < 1.29 is 22.7 Å². The number of anilines is 1. The van der Waals surface area contributed by atoms with E-state index in [-0.39, 0.29) is 17.1 Å². The Kier molecular flexibility index (Phi) is 4.17. The van der Waals surface area contributed by atoms with Gasteiger partial charge in [-0.3, -0.25) is 4.79 Å². The van der Waals surface area contributed by atoms with E-state index in [0.29, 0.717) is 17.8 Å². The molecule has 5 nitrogen and oxygen atoms in total. The number of carbonyl (C=O) groups is 1. The molecular weight excluding hydrogens is 419 g/mol. The summed E-state index contributed by atoms with van der Waals surface area (Å²) in [6, 6.07) is 12.8. The molecule has 166 valence electrons. The number of para-hydroxylation sites is 2. The summed E-state index contributed by atoms with van der Waals surface area (Å²) < 4.78 is 41.2. The maximum atomic E-state index is 13.8. The molecule has 2 atom stereocenters. The molecule has 2 aromatic carbocycles. The molecular formula is C24H22F3N3O2. The van der Waals surface area contributed by atoms with E-state index in [1.54, 1.807) is 0 Å². The van der Waals surface area contributed by atoms with Crippen molar-refractivity contribution in [2.75, 3.05) is 5.32 Å². The number of nitrogens with one attached hydrogen (secondary N) is 1. The number of amides is 1. The third-order valence-corrected chi connectivity index (χ3v) is 7.68.